The summed E-state index contributed by atoms with van der Waals surface area (Å²) in [4.78, 5) is 1.82. The van der Waals surface area contributed by atoms with Gasteiger partial charge in [-0.25, -0.2) is 0 Å². The molecule has 0 amide bonds. The molecular formula is C27H30N4. The fourth-order valence-corrected chi connectivity index (χ4v) is 3.83. The van der Waals surface area contributed by atoms with Gasteiger partial charge in [0.05, 0.1) is 6.54 Å². The van der Waals surface area contributed by atoms with Crippen molar-refractivity contribution in [2.45, 2.75) is 45.8 Å². The molecule has 1 aromatic heterocycles. The largest absolute Gasteiger partial charge is 0.304 e. The van der Waals surface area contributed by atoms with Gasteiger partial charge in [0.2, 0.25) is 0 Å². The molecule has 4 rings (SSSR count). The third kappa shape index (κ3) is 5.47. The number of hydrogen-bond acceptors (Lipinski definition) is 3. The number of nitrogens with zero attached hydrogens (tertiary/aromatic N) is 3. The van der Waals surface area contributed by atoms with E-state index in [0.29, 0.717) is 19.1 Å². The summed E-state index contributed by atoms with van der Waals surface area (Å²) in [6.45, 7) is 5.67. The summed E-state index contributed by atoms with van der Waals surface area (Å²) in [6, 6.07) is 29.9. The Labute approximate surface area is 185 Å². The summed E-state index contributed by atoms with van der Waals surface area (Å²) in [5.41, 5.74) is 6.81. The Morgan fingerprint density at radius 2 is 1.52 bits per heavy atom. The lowest BCUT2D eigenvalue weighted by Gasteiger charge is -2.18. The highest BCUT2D eigenvalue weighted by Crippen LogP contribution is 2.23. The summed E-state index contributed by atoms with van der Waals surface area (Å²) < 4.78 is 0. The maximum absolute atomic E-state index is 4.87. The van der Waals surface area contributed by atoms with E-state index in [2.05, 4.69) is 98.0 Å². The predicted octanol–water partition coefficient (Wildman–Crippen LogP) is 5.93. The molecule has 0 aliphatic heterocycles. The molecule has 3 aromatic carbocycles. The highest BCUT2D eigenvalue weighted by molar-refractivity contribution is 5.60. The second-order valence-electron chi connectivity index (χ2n) is 8.01. The lowest BCUT2D eigenvalue weighted by molar-refractivity contribution is 0.485. The van der Waals surface area contributed by atoms with Crippen molar-refractivity contribution in [3.05, 3.63) is 107 Å². The average molecular weight is 411 g/mol. The highest BCUT2D eigenvalue weighted by atomic mass is 15.5. The van der Waals surface area contributed by atoms with E-state index < -0.39 is 0 Å². The van der Waals surface area contributed by atoms with Crippen molar-refractivity contribution in [1.29, 1.82) is 0 Å². The molecule has 4 nitrogen and oxygen atoms in total. The molecule has 0 saturated heterocycles. The summed E-state index contributed by atoms with van der Waals surface area (Å²) in [5.74, 6) is 0. The second kappa shape index (κ2) is 10.2. The van der Waals surface area contributed by atoms with Crippen LogP contribution in [0.3, 0.4) is 0 Å². The molecule has 0 bridgehead atoms. The Hall–Kier alpha value is -3.24. The van der Waals surface area contributed by atoms with Gasteiger partial charge < -0.3 is 5.32 Å². The van der Waals surface area contributed by atoms with Crippen molar-refractivity contribution >= 4 is 0 Å². The minimum Gasteiger partial charge on any atom is -0.304 e. The molecule has 0 saturated carbocycles. The van der Waals surface area contributed by atoms with Gasteiger partial charge in [0, 0.05) is 18.2 Å². The first-order chi connectivity index (χ1) is 15.2. The molecular weight excluding hydrogens is 380 g/mol. The van der Waals surface area contributed by atoms with Gasteiger partial charge in [0.1, 0.15) is 11.4 Å². The van der Waals surface area contributed by atoms with Crippen LogP contribution in [0.25, 0.3) is 11.3 Å². The summed E-state index contributed by atoms with van der Waals surface area (Å²) in [7, 11) is 0. The van der Waals surface area contributed by atoms with Crippen molar-refractivity contribution in [2.75, 3.05) is 0 Å². The maximum Gasteiger partial charge on any atom is 0.117 e. The van der Waals surface area contributed by atoms with E-state index in [9.17, 15) is 0 Å². The second-order valence-corrected chi connectivity index (χ2v) is 8.01. The number of aromatic nitrogens is 3. The van der Waals surface area contributed by atoms with E-state index in [-0.39, 0.29) is 0 Å². The van der Waals surface area contributed by atoms with Gasteiger partial charge in [-0.2, -0.15) is 15.0 Å². The first kappa shape index (κ1) is 21.0. The number of rotatable bonds is 9. The van der Waals surface area contributed by atoms with E-state index in [1.165, 1.54) is 16.7 Å². The predicted molar refractivity (Wildman–Crippen MR) is 127 cm³/mol. The average Bonchev–Trinajstić information content (AvgIpc) is 3.22. The van der Waals surface area contributed by atoms with E-state index in [4.69, 9.17) is 10.2 Å². The van der Waals surface area contributed by atoms with Crippen LogP contribution in [0.1, 0.15) is 48.2 Å². The Morgan fingerprint density at radius 1 is 0.839 bits per heavy atom. The van der Waals surface area contributed by atoms with E-state index in [1.54, 1.807) is 0 Å². The van der Waals surface area contributed by atoms with Crippen LogP contribution in [-0.4, -0.2) is 15.0 Å². The molecule has 0 fully saturated rings. The van der Waals surface area contributed by atoms with Crippen molar-refractivity contribution in [3.63, 3.8) is 0 Å². The normalized spacial score (nSPS) is 12.1. The van der Waals surface area contributed by atoms with Crippen molar-refractivity contribution in [1.82, 2.24) is 20.3 Å². The van der Waals surface area contributed by atoms with Crippen LogP contribution in [-0.2, 0) is 13.1 Å². The van der Waals surface area contributed by atoms with E-state index >= 15 is 0 Å². The summed E-state index contributed by atoms with van der Waals surface area (Å²) in [6.07, 6.45) is 2.21. The zero-order chi connectivity index (χ0) is 21.5. The molecule has 4 heteroatoms. The highest BCUT2D eigenvalue weighted by Gasteiger charge is 2.16. The molecule has 158 valence electrons. The molecule has 0 unspecified atom stereocenters. The monoisotopic (exact) mass is 410 g/mol. The zero-order valence-electron chi connectivity index (χ0n) is 18.3. The summed E-state index contributed by atoms with van der Waals surface area (Å²) >= 11 is 0. The molecule has 0 aliphatic carbocycles. The number of nitrogens with one attached hydrogen (secondary N) is 1. The topological polar surface area (TPSA) is 42.7 Å². The van der Waals surface area contributed by atoms with Crippen LogP contribution in [0.4, 0.5) is 0 Å². The van der Waals surface area contributed by atoms with Gasteiger partial charge >= 0.3 is 0 Å². The number of benzene rings is 3. The maximum atomic E-state index is 4.87. The third-order valence-electron chi connectivity index (χ3n) is 5.51. The number of hydrogen-bond donors (Lipinski definition) is 1. The van der Waals surface area contributed by atoms with Gasteiger partial charge in [-0.1, -0.05) is 104 Å². The van der Waals surface area contributed by atoms with Crippen LogP contribution in [0.5, 0.6) is 0 Å². The van der Waals surface area contributed by atoms with Crippen molar-refractivity contribution in [2.24, 2.45) is 0 Å². The molecule has 1 atom stereocenters. The van der Waals surface area contributed by atoms with Crippen LogP contribution < -0.4 is 5.32 Å². The molecule has 31 heavy (non-hydrogen) atoms. The van der Waals surface area contributed by atoms with Gasteiger partial charge in [-0.3, -0.25) is 0 Å². The summed E-state index contributed by atoms with van der Waals surface area (Å²) in [5, 5.41) is 13.5. The Balaban J connectivity index is 1.58. The molecule has 0 spiro atoms. The van der Waals surface area contributed by atoms with Crippen LogP contribution in [0, 0.1) is 6.92 Å². The minimum absolute atomic E-state index is 0.303. The quantitative estimate of drug-likeness (QED) is 0.372. The standard InChI is InChI=1S/C27H30N4/c1-3-10-25(23-11-6-4-7-12-23)28-19-26-27(24-13-8-5-9-14-24)30-31(29-26)20-22-17-15-21(2)16-18-22/h4-9,11-18,25,28H,3,10,19-20H2,1-2H3/t25-/m0/s1. The Kier molecular flexibility index (Phi) is 6.90. The van der Waals surface area contributed by atoms with Crippen LogP contribution in [0.2, 0.25) is 0 Å². The van der Waals surface area contributed by atoms with E-state index in [0.717, 1.165) is 29.8 Å². The molecule has 0 aliphatic rings. The van der Waals surface area contributed by atoms with E-state index in [1.807, 2.05) is 10.9 Å². The van der Waals surface area contributed by atoms with Crippen molar-refractivity contribution in [3.8, 4) is 11.3 Å². The van der Waals surface area contributed by atoms with Gasteiger partial charge in [0.15, 0.2) is 0 Å². The first-order valence-electron chi connectivity index (χ1n) is 11.1. The Bertz CT molecular complexity index is 1070. The molecule has 1 N–H and O–H groups in total. The zero-order valence-corrected chi connectivity index (χ0v) is 18.3. The minimum atomic E-state index is 0.303. The Morgan fingerprint density at radius 3 is 2.19 bits per heavy atom. The van der Waals surface area contributed by atoms with Gasteiger partial charge in [-0.15, -0.1) is 0 Å². The molecule has 1 heterocycles. The first-order valence-corrected chi connectivity index (χ1v) is 11.1. The molecule has 4 aromatic rings. The fourth-order valence-electron chi connectivity index (χ4n) is 3.83. The fraction of sp³-hybridized carbons (Fsp3) is 0.259. The van der Waals surface area contributed by atoms with Gasteiger partial charge in [0.25, 0.3) is 0 Å². The molecule has 0 radical (unpaired) electrons. The lowest BCUT2D eigenvalue weighted by atomic mass is 10.0. The van der Waals surface area contributed by atoms with Crippen molar-refractivity contribution < 1.29 is 0 Å². The number of aryl methyl sites for hydroxylation is 1. The SMILES string of the molecule is CCC[C@H](NCc1nn(Cc2ccc(C)cc2)nc1-c1ccccc1)c1ccccc1. The smallest absolute Gasteiger partial charge is 0.117 e. The van der Waals surface area contributed by atoms with Crippen LogP contribution >= 0.6 is 0 Å². The third-order valence-corrected chi connectivity index (χ3v) is 5.51. The van der Waals surface area contributed by atoms with Gasteiger partial charge in [-0.05, 0) is 24.5 Å². The lowest BCUT2D eigenvalue weighted by Crippen LogP contribution is -2.21. The van der Waals surface area contributed by atoms with Crippen LogP contribution in [0.15, 0.2) is 84.9 Å².